The van der Waals surface area contributed by atoms with E-state index in [1.807, 2.05) is 36.5 Å². The predicted octanol–water partition coefficient (Wildman–Crippen LogP) is 3.96. The summed E-state index contributed by atoms with van der Waals surface area (Å²) in [5.74, 6) is -0.114. The summed E-state index contributed by atoms with van der Waals surface area (Å²) in [5, 5.41) is 14.1. The van der Waals surface area contributed by atoms with Gasteiger partial charge in [0.15, 0.2) is 5.17 Å². The summed E-state index contributed by atoms with van der Waals surface area (Å²) in [6, 6.07) is 14.6. The van der Waals surface area contributed by atoms with Crippen molar-refractivity contribution in [3.05, 3.63) is 65.2 Å². The number of para-hydroxylation sites is 1. The highest BCUT2D eigenvalue weighted by molar-refractivity contribution is 8.18. The second-order valence-electron chi connectivity index (χ2n) is 5.30. The Kier molecular flexibility index (Phi) is 3.59. The van der Waals surface area contributed by atoms with Crippen LogP contribution in [0.3, 0.4) is 0 Å². The van der Waals surface area contributed by atoms with Gasteiger partial charge in [0.05, 0.1) is 4.91 Å². The van der Waals surface area contributed by atoms with E-state index in [1.54, 1.807) is 24.3 Å². The van der Waals surface area contributed by atoms with Gasteiger partial charge in [-0.2, -0.15) is 4.99 Å². The smallest absolute Gasteiger partial charge is 0.286 e. The van der Waals surface area contributed by atoms with Crippen LogP contribution in [0.2, 0.25) is 0 Å². The molecule has 5 nitrogen and oxygen atoms in total. The lowest BCUT2D eigenvalue weighted by molar-refractivity contribution is -0.113. The van der Waals surface area contributed by atoms with Crippen molar-refractivity contribution in [2.75, 3.05) is 5.32 Å². The Morgan fingerprint density at radius 3 is 2.92 bits per heavy atom. The minimum atomic E-state index is -0.270. The van der Waals surface area contributed by atoms with Crippen LogP contribution in [0, 0.1) is 0 Å². The molecule has 3 N–H and O–H groups in total. The van der Waals surface area contributed by atoms with Gasteiger partial charge in [0, 0.05) is 34.4 Å². The number of hydrogen-bond acceptors (Lipinski definition) is 4. The van der Waals surface area contributed by atoms with Crippen LogP contribution in [-0.2, 0) is 4.79 Å². The summed E-state index contributed by atoms with van der Waals surface area (Å²) >= 11 is 1.28. The molecule has 0 saturated heterocycles. The van der Waals surface area contributed by atoms with E-state index in [0.29, 0.717) is 15.8 Å². The highest BCUT2D eigenvalue weighted by atomic mass is 32.2. The zero-order chi connectivity index (χ0) is 16.5. The molecule has 2 aromatic carbocycles. The van der Waals surface area contributed by atoms with Gasteiger partial charge < -0.3 is 15.4 Å². The van der Waals surface area contributed by atoms with Crippen LogP contribution in [0.25, 0.3) is 17.0 Å². The third-order valence-electron chi connectivity index (χ3n) is 3.63. The molecular weight excluding hydrogens is 322 g/mol. The van der Waals surface area contributed by atoms with E-state index in [4.69, 9.17) is 0 Å². The van der Waals surface area contributed by atoms with E-state index < -0.39 is 0 Å². The molecule has 118 valence electrons. The number of rotatable bonds is 2. The number of nitrogens with one attached hydrogen (secondary N) is 2. The SMILES string of the molecule is O=C1N=C(Nc2cccc(O)c2)SC1=Cc1c[nH]c2ccccc12. The molecule has 4 rings (SSSR count). The summed E-state index contributed by atoms with van der Waals surface area (Å²) < 4.78 is 0. The molecule has 3 aromatic rings. The molecule has 0 unspecified atom stereocenters. The van der Waals surface area contributed by atoms with Crippen molar-refractivity contribution in [2.24, 2.45) is 4.99 Å². The van der Waals surface area contributed by atoms with Crippen LogP contribution in [0.4, 0.5) is 5.69 Å². The van der Waals surface area contributed by atoms with Crippen LogP contribution in [0.1, 0.15) is 5.56 Å². The number of amidine groups is 1. The number of phenols is 1. The number of anilines is 1. The molecule has 24 heavy (non-hydrogen) atoms. The van der Waals surface area contributed by atoms with Crippen molar-refractivity contribution in [3.8, 4) is 5.75 Å². The average Bonchev–Trinajstić information content (AvgIpc) is 3.12. The van der Waals surface area contributed by atoms with Crippen molar-refractivity contribution in [1.82, 2.24) is 4.98 Å². The minimum Gasteiger partial charge on any atom is -0.508 e. The van der Waals surface area contributed by atoms with Crippen LogP contribution >= 0.6 is 11.8 Å². The second-order valence-corrected chi connectivity index (χ2v) is 6.33. The van der Waals surface area contributed by atoms with E-state index in [2.05, 4.69) is 15.3 Å². The lowest BCUT2D eigenvalue weighted by atomic mass is 10.1. The van der Waals surface area contributed by atoms with E-state index in [9.17, 15) is 9.90 Å². The molecule has 1 aliphatic heterocycles. The molecule has 1 amide bonds. The third kappa shape index (κ3) is 2.79. The third-order valence-corrected chi connectivity index (χ3v) is 4.52. The van der Waals surface area contributed by atoms with Gasteiger partial charge in [-0.05, 0) is 36.0 Å². The predicted molar refractivity (Wildman–Crippen MR) is 98.0 cm³/mol. The van der Waals surface area contributed by atoms with Gasteiger partial charge in [-0.1, -0.05) is 24.3 Å². The highest BCUT2D eigenvalue weighted by Crippen LogP contribution is 2.31. The van der Waals surface area contributed by atoms with Crippen molar-refractivity contribution in [2.45, 2.75) is 0 Å². The van der Waals surface area contributed by atoms with Crippen LogP contribution in [0.5, 0.6) is 5.75 Å². The molecule has 0 fully saturated rings. The van der Waals surface area contributed by atoms with E-state index in [0.717, 1.165) is 16.5 Å². The summed E-state index contributed by atoms with van der Waals surface area (Å²) in [4.78, 5) is 19.9. The maximum Gasteiger partial charge on any atom is 0.286 e. The van der Waals surface area contributed by atoms with Crippen LogP contribution < -0.4 is 5.32 Å². The lowest BCUT2D eigenvalue weighted by Crippen LogP contribution is -2.04. The number of aromatic hydroxyl groups is 1. The Hall–Kier alpha value is -2.99. The molecule has 1 aliphatic rings. The number of aliphatic imine (C=N–C) groups is 1. The van der Waals surface area contributed by atoms with Gasteiger partial charge in [0.25, 0.3) is 5.91 Å². The van der Waals surface area contributed by atoms with E-state index in [-0.39, 0.29) is 11.7 Å². The molecule has 0 saturated carbocycles. The van der Waals surface area contributed by atoms with E-state index >= 15 is 0 Å². The number of phenolic OH excluding ortho intramolecular Hbond substituents is 1. The Morgan fingerprint density at radius 1 is 1.17 bits per heavy atom. The summed E-state index contributed by atoms with van der Waals surface area (Å²) in [6.07, 6.45) is 3.72. The van der Waals surface area contributed by atoms with Gasteiger partial charge in [-0.15, -0.1) is 0 Å². The van der Waals surface area contributed by atoms with Gasteiger partial charge in [-0.3, -0.25) is 4.79 Å². The minimum absolute atomic E-state index is 0.157. The van der Waals surface area contributed by atoms with Gasteiger partial charge in [0.1, 0.15) is 5.75 Å². The van der Waals surface area contributed by atoms with Crippen molar-refractivity contribution in [1.29, 1.82) is 0 Å². The number of carbonyl (C=O) groups is 1. The number of H-pyrrole nitrogens is 1. The van der Waals surface area contributed by atoms with Crippen molar-refractivity contribution < 1.29 is 9.90 Å². The first kappa shape index (κ1) is 14.6. The van der Waals surface area contributed by atoms with Crippen molar-refractivity contribution >= 4 is 45.5 Å². The normalized spacial score (nSPS) is 15.9. The van der Waals surface area contributed by atoms with Crippen molar-refractivity contribution in [3.63, 3.8) is 0 Å². The fourth-order valence-electron chi connectivity index (χ4n) is 2.52. The number of carbonyl (C=O) groups excluding carboxylic acids is 1. The molecule has 0 atom stereocenters. The molecular formula is C18H13N3O2S. The Labute approximate surface area is 142 Å². The zero-order valence-corrected chi connectivity index (χ0v) is 13.3. The summed E-state index contributed by atoms with van der Waals surface area (Å²) in [6.45, 7) is 0. The zero-order valence-electron chi connectivity index (χ0n) is 12.5. The maximum absolute atomic E-state index is 12.1. The number of amides is 1. The number of nitrogens with zero attached hydrogens (tertiary/aromatic N) is 1. The summed E-state index contributed by atoms with van der Waals surface area (Å²) in [5.41, 5.74) is 2.66. The average molecular weight is 335 g/mol. The monoisotopic (exact) mass is 335 g/mol. The molecule has 0 bridgehead atoms. The number of benzene rings is 2. The number of hydrogen-bond donors (Lipinski definition) is 3. The topological polar surface area (TPSA) is 77.5 Å². The fraction of sp³-hybridized carbons (Fsp3) is 0. The Bertz CT molecular complexity index is 1000. The first-order valence-corrected chi connectivity index (χ1v) is 8.15. The van der Waals surface area contributed by atoms with Gasteiger partial charge in [0.2, 0.25) is 0 Å². The molecule has 2 heterocycles. The number of thioether (sulfide) groups is 1. The Balaban J connectivity index is 1.57. The summed E-state index contributed by atoms with van der Waals surface area (Å²) in [7, 11) is 0. The maximum atomic E-state index is 12.1. The highest BCUT2D eigenvalue weighted by Gasteiger charge is 2.22. The number of fused-ring (bicyclic) bond motifs is 1. The first-order valence-electron chi connectivity index (χ1n) is 7.34. The standard InChI is InChI=1S/C18H13N3O2S/c22-13-5-3-4-12(9-13)20-18-21-17(23)16(24-18)8-11-10-19-15-7-2-1-6-14(11)15/h1-10,19,22H,(H,20,21,23). The molecule has 6 heteroatoms. The van der Waals surface area contributed by atoms with Crippen LogP contribution in [-0.4, -0.2) is 21.2 Å². The second kappa shape index (κ2) is 5.90. The fourth-order valence-corrected chi connectivity index (χ4v) is 3.35. The Morgan fingerprint density at radius 2 is 2.04 bits per heavy atom. The molecule has 1 aromatic heterocycles. The molecule has 0 spiro atoms. The van der Waals surface area contributed by atoms with E-state index in [1.165, 1.54) is 11.8 Å². The number of aromatic amines is 1. The molecule has 0 aliphatic carbocycles. The largest absolute Gasteiger partial charge is 0.508 e. The van der Waals surface area contributed by atoms with Gasteiger partial charge in [-0.25, -0.2) is 0 Å². The molecule has 0 radical (unpaired) electrons. The van der Waals surface area contributed by atoms with Crippen LogP contribution in [0.15, 0.2) is 64.6 Å². The number of aromatic nitrogens is 1. The quantitative estimate of drug-likeness (QED) is 0.620. The first-order chi connectivity index (χ1) is 11.7. The van der Waals surface area contributed by atoms with Gasteiger partial charge >= 0.3 is 0 Å². The lowest BCUT2D eigenvalue weighted by Gasteiger charge is -2.04.